The van der Waals surface area contributed by atoms with Gasteiger partial charge in [0.15, 0.2) is 6.61 Å². The second kappa shape index (κ2) is 7.11. The Morgan fingerprint density at radius 2 is 1.81 bits per heavy atom. The number of aliphatic carboxylic acids is 1. The Morgan fingerprint density at radius 1 is 1.14 bits per heavy atom. The Hall–Kier alpha value is -2.04. The summed E-state index contributed by atoms with van der Waals surface area (Å²) < 4.78 is 5.40. The fourth-order valence-electron chi connectivity index (χ4n) is 2.86. The summed E-state index contributed by atoms with van der Waals surface area (Å²) in [6.45, 7) is -0.0919. The Bertz CT molecular complexity index is 480. The fraction of sp³-hybridized carbons (Fsp3) is 0.500. The standard InChI is InChI=1S/C16H21NO4/c18-14(12-21-13-7-3-1-4-8-13)17-16(11-15(19)20)9-5-2-6-10-16/h1,3-4,7-8H,2,5-6,9-12H2,(H,17,18)(H,19,20). The van der Waals surface area contributed by atoms with Gasteiger partial charge >= 0.3 is 5.97 Å². The zero-order chi connectivity index (χ0) is 15.1. The molecule has 5 nitrogen and oxygen atoms in total. The van der Waals surface area contributed by atoms with E-state index >= 15 is 0 Å². The van der Waals surface area contributed by atoms with Crippen LogP contribution < -0.4 is 10.1 Å². The van der Waals surface area contributed by atoms with Crippen LogP contribution in [-0.2, 0) is 9.59 Å². The van der Waals surface area contributed by atoms with Gasteiger partial charge in [-0.1, -0.05) is 37.5 Å². The normalized spacial score (nSPS) is 17.0. The molecule has 1 aliphatic rings. The molecule has 2 N–H and O–H groups in total. The Morgan fingerprint density at radius 3 is 2.43 bits per heavy atom. The predicted molar refractivity (Wildman–Crippen MR) is 78.1 cm³/mol. The van der Waals surface area contributed by atoms with Crippen LogP contribution in [0.1, 0.15) is 38.5 Å². The zero-order valence-electron chi connectivity index (χ0n) is 12.0. The topological polar surface area (TPSA) is 75.6 Å². The van der Waals surface area contributed by atoms with Crippen molar-refractivity contribution >= 4 is 11.9 Å². The predicted octanol–water partition coefficient (Wildman–Crippen LogP) is 2.36. The van der Waals surface area contributed by atoms with Crippen LogP contribution in [0.15, 0.2) is 30.3 Å². The first-order valence-corrected chi connectivity index (χ1v) is 7.30. The molecule has 114 valence electrons. The monoisotopic (exact) mass is 291 g/mol. The molecule has 1 amide bonds. The van der Waals surface area contributed by atoms with Crippen molar-refractivity contribution in [2.24, 2.45) is 0 Å². The molecule has 1 aliphatic carbocycles. The van der Waals surface area contributed by atoms with Crippen LogP contribution in [0.4, 0.5) is 0 Å². The summed E-state index contributed by atoms with van der Waals surface area (Å²) >= 11 is 0. The average molecular weight is 291 g/mol. The van der Waals surface area contributed by atoms with Crippen molar-refractivity contribution in [3.63, 3.8) is 0 Å². The summed E-state index contributed by atoms with van der Waals surface area (Å²) in [6, 6.07) is 9.10. The van der Waals surface area contributed by atoms with Gasteiger partial charge in [0.25, 0.3) is 5.91 Å². The Kier molecular flexibility index (Phi) is 5.20. The van der Waals surface area contributed by atoms with Crippen molar-refractivity contribution in [1.29, 1.82) is 0 Å². The molecule has 2 rings (SSSR count). The second-order valence-corrected chi connectivity index (χ2v) is 5.56. The highest BCUT2D eigenvalue weighted by molar-refractivity contribution is 5.79. The molecule has 21 heavy (non-hydrogen) atoms. The van der Waals surface area contributed by atoms with E-state index in [4.69, 9.17) is 9.84 Å². The van der Waals surface area contributed by atoms with Crippen molar-refractivity contribution in [1.82, 2.24) is 5.32 Å². The lowest BCUT2D eigenvalue weighted by molar-refractivity contribution is -0.139. The molecule has 5 heteroatoms. The number of carboxylic acid groups (broad SMARTS) is 1. The summed E-state index contributed by atoms with van der Waals surface area (Å²) in [5.41, 5.74) is -0.610. The molecule has 0 aromatic heterocycles. The highest BCUT2D eigenvalue weighted by Crippen LogP contribution is 2.31. The molecule has 1 fully saturated rings. The molecule has 0 aliphatic heterocycles. The minimum absolute atomic E-state index is 0.0237. The second-order valence-electron chi connectivity index (χ2n) is 5.56. The third-order valence-electron chi connectivity index (χ3n) is 3.82. The maximum absolute atomic E-state index is 12.0. The van der Waals surface area contributed by atoms with E-state index in [-0.39, 0.29) is 18.9 Å². The molecule has 0 unspecified atom stereocenters. The van der Waals surface area contributed by atoms with Gasteiger partial charge in [-0.05, 0) is 25.0 Å². The molecular weight excluding hydrogens is 270 g/mol. The van der Waals surface area contributed by atoms with Crippen LogP contribution in [0.5, 0.6) is 5.75 Å². The first-order chi connectivity index (χ1) is 10.1. The van der Waals surface area contributed by atoms with Gasteiger partial charge in [0.1, 0.15) is 5.75 Å². The Labute approximate surface area is 124 Å². The SMILES string of the molecule is O=C(O)CC1(NC(=O)COc2ccccc2)CCCCC1. The van der Waals surface area contributed by atoms with Gasteiger partial charge in [0, 0.05) is 0 Å². The fourth-order valence-corrected chi connectivity index (χ4v) is 2.86. The maximum atomic E-state index is 12.0. The molecular formula is C16H21NO4. The number of ether oxygens (including phenoxy) is 1. The van der Waals surface area contributed by atoms with Crippen molar-refractivity contribution in [3.05, 3.63) is 30.3 Å². The largest absolute Gasteiger partial charge is 0.484 e. The highest BCUT2D eigenvalue weighted by Gasteiger charge is 2.35. The lowest BCUT2D eigenvalue weighted by Crippen LogP contribution is -2.52. The summed E-state index contributed by atoms with van der Waals surface area (Å²) in [5, 5.41) is 12.0. The van der Waals surface area contributed by atoms with Crippen LogP contribution in [0.3, 0.4) is 0 Å². The number of para-hydroxylation sites is 1. The molecule has 0 radical (unpaired) electrons. The summed E-state index contributed by atoms with van der Waals surface area (Å²) in [7, 11) is 0. The molecule has 1 aromatic rings. The number of hydrogen-bond donors (Lipinski definition) is 2. The van der Waals surface area contributed by atoms with Crippen LogP contribution in [-0.4, -0.2) is 29.1 Å². The first-order valence-electron chi connectivity index (χ1n) is 7.30. The smallest absolute Gasteiger partial charge is 0.305 e. The van der Waals surface area contributed by atoms with E-state index in [1.165, 1.54) is 0 Å². The quantitative estimate of drug-likeness (QED) is 0.843. The van der Waals surface area contributed by atoms with Crippen molar-refractivity contribution < 1.29 is 19.4 Å². The summed E-state index contributed by atoms with van der Waals surface area (Å²) in [4.78, 5) is 23.1. The van der Waals surface area contributed by atoms with E-state index in [1.54, 1.807) is 12.1 Å². The van der Waals surface area contributed by atoms with Crippen molar-refractivity contribution in [2.75, 3.05) is 6.61 Å². The van der Waals surface area contributed by atoms with Gasteiger partial charge < -0.3 is 15.2 Å². The molecule has 0 saturated heterocycles. The average Bonchev–Trinajstić information content (AvgIpc) is 2.46. The molecule has 1 aromatic carbocycles. The van der Waals surface area contributed by atoms with Gasteiger partial charge in [-0.3, -0.25) is 9.59 Å². The van der Waals surface area contributed by atoms with Crippen molar-refractivity contribution in [2.45, 2.75) is 44.1 Å². The van der Waals surface area contributed by atoms with Gasteiger partial charge in [0.05, 0.1) is 12.0 Å². The first kappa shape index (κ1) is 15.4. The summed E-state index contributed by atoms with van der Waals surface area (Å²) in [6.07, 6.45) is 4.41. The van der Waals surface area contributed by atoms with Crippen molar-refractivity contribution in [3.8, 4) is 5.75 Å². The number of carbonyl (C=O) groups excluding carboxylic acids is 1. The molecule has 0 heterocycles. The third kappa shape index (κ3) is 4.77. The number of carboxylic acids is 1. The minimum atomic E-state index is -0.874. The molecule has 0 atom stereocenters. The van der Waals surface area contributed by atoms with E-state index in [1.807, 2.05) is 18.2 Å². The number of amides is 1. The summed E-state index contributed by atoms with van der Waals surface area (Å²) in [5.74, 6) is -0.508. The lowest BCUT2D eigenvalue weighted by Gasteiger charge is -2.36. The zero-order valence-corrected chi connectivity index (χ0v) is 12.0. The van der Waals surface area contributed by atoms with Gasteiger partial charge in [-0.15, -0.1) is 0 Å². The molecule has 1 saturated carbocycles. The lowest BCUT2D eigenvalue weighted by atomic mass is 9.79. The minimum Gasteiger partial charge on any atom is -0.484 e. The van der Waals surface area contributed by atoms with E-state index < -0.39 is 11.5 Å². The number of benzene rings is 1. The van der Waals surface area contributed by atoms with Crippen LogP contribution in [0.25, 0.3) is 0 Å². The third-order valence-corrected chi connectivity index (χ3v) is 3.82. The maximum Gasteiger partial charge on any atom is 0.305 e. The number of nitrogens with one attached hydrogen (secondary N) is 1. The molecule has 0 spiro atoms. The van der Waals surface area contributed by atoms with E-state index in [0.717, 1.165) is 32.1 Å². The van der Waals surface area contributed by atoms with E-state index in [2.05, 4.69) is 5.32 Å². The number of carbonyl (C=O) groups is 2. The van der Waals surface area contributed by atoms with Crippen LogP contribution in [0, 0.1) is 0 Å². The van der Waals surface area contributed by atoms with Gasteiger partial charge in [-0.25, -0.2) is 0 Å². The van der Waals surface area contributed by atoms with Gasteiger partial charge in [-0.2, -0.15) is 0 Å². The van der Waals surface area contributed by atoms with E-state index in [0.29, 0.717) is 5.75 Å². The van der Waals surface area contributed by atoms with Crippen LogP contribution >= 0.6 is 0 Å². The highest BCUT2D eigenvalue weighted by atomic mass is 16.5. The van der Waals surface area contributed by atoms with E-state index in [9.17, 15) is 9.59 Å². The van der Waals surface area contributed by atoms with Gasteiger partial charge in [0.2, 0.25) is 0 Å². The molecule has 0 bridgehead atoms. The number of rotatable bonds is 6. The van der Waals surface area contributed by atoms with Crippen LogP contribution in [0.2, 0.25) is 0 Å². The number of hydrogen-bond acceptors (Lipinski definition) is 3. The Balaban J connectivity index is 1.90.